The van der Waals surface area contributed by atoms with Crippen LogP contribution in [0.2, 0.25) is 0 Å². The zero-order valence-electron chi connectivity index (χ0n) is 14.2. The molecule has 28 heavy (non-hydrogen) atoms. The Labute approximate surface area is 156 Å². The Morgan fingerprint density at radius 1 is 0.750 bits per heavy atom. The van der Waals surface area contributed by atoms with Gasteiger partial charge in [-0.1, -0.05) is 30.3 Å². The third-order valence-corrected chi connectivity index (χ3v) is 4.61. The van der Waals surface area contributed by atoms with Crippen LogP contribution in [0, 0.1) is 11.6 Å². The number of furan rings is 2. The molecule has 0 unspecified atom stereocenters. The molecule has 6 heteroatoms. The fraction of sp³-hybridized carbons (Fsp3) is 0. The molecule has 2 aromatic carbocycles. The van der Waals surface area contributed by atoms with E-state index in [0.717, 1.165) is 17.7 Å². The van der Waals surface area contributed by atoms with Crippen LogP contribution in [0.1, 0.15) is 26.5 Å². The SMILES string of the molecule is O=C1C(=Cc2cc3oc(-c4ccccc4)cc3o2)C(=O)c2cc(F)c(F)cc21. The van der Waals surface area contributed by atoms with E-state index < -0.39 is 23.2 Å². The molecule has 1 aliphatic rings. The van der Waals surface area contributed by atoms with Crippen LogP contribution >= 0.6 is 0 Å². The Bertz CT molecular complexity index is 1230. The summed E-state index contributed by atoms with van der Waals surface area (Å²) in [6.45, 7) is 0. The number of Topliss-reactive ketones (excluding diaryl/α,β-unsaturated/α-hetero) is 2. The van der Waals surface area contributed by atoms with Gasteiger partial charge in [0.15, 0.2) is 34.4 Å². The number of benzene rings is 2. The molecular weight excluding hydrogens is 366 g/mol. The minimum absolute atomic E-state index is 0.156. The minimum atomic E-state index is -1.18. The third kappa shape index (κ3) is 2.42. The maximum Gasteiger partial charge on any atom is 0.197 e. The molecular formula is C22H10F2O4. The van der Waals surface area contributed by atoms with Crippen LogP contribution in [0.25, 0.3) is 28.6 Å². The van der Waals surface area contributed by atoms with Crippen molar-refractivity contribution in [2.75, 3.05) is 0 Å². The lowest BCUT2D eigenvalue weighted by atomic mass is 10.1. The number of fused-ring (bicyclic) bond motifs is 2. The number of carbonyl (C=O) groups excluding carboxylic acids is 2. The van der Waals surface area contributed by atoms with Crippen LogP contribution in [-0.4, -0.2) is 11.6 Å². The Morgan fingerprint density at radius 3 is 1.96 bits per heavy atom. The highest BCUT2D eigenvalue weighted by Crippen LogP contribution is 2.33. The summed E-state index contributed by atoms with van der Waals surface area (Å²) in [4.78, 5) is 24.8. The van der Waals surface area contributed by atoms with Crippen molar-refractivity contribution in [3.8, 4) is 11.3 Å². The number of allylic oxidation sites excluding steroid dienone is 1. The lowest BCUT2D eigenvalue weighted by molar-refractivity contribution is 0.0990. The maximum atomic E-state index is 13.4. The van der Waals surface area contributed by atoms with Gasteiger partial charge >= 0.3 is 0 Å². The largest absolute Gasteiger partial charge is 0.453 e. The minimum Gasteiger partial charge on any atom is -0.453 e. The van der Waals surface area contributed by atoms with Gasteiger partial charge in [-0.2, -0.15) is 0 Å². The zero-order valence-corrected chi connectivity index (χ0v) is 14.2. The van der Waals surface area contributed by atoms with E-state index >= 15 is 0 Å². The predicted molar refractivity (Wildman–Crippen MR) is 96.9 cm³/mol. The van der Waals surface area contributed by atoms with Gasteiger partial charge in [-0.05, 0) is 18.2 Å². The van der Waals surface area contributed by atoms with Gasteiger partial charge in [0, 0.05) is 28.8 Å². The molecule has 0 saturated carbocycles. The van der Waals surface area contributed by atoms with Crippen LogP contribution < -0.4 is 0 Å². The van der Waals surface area contributed by atoms with Gasteiger partial charge in [-0.25, -0.2) is 8.78 Å². The molecule has 4 aromatic rings. The van der Waals surface area contributed by atoms with Crippen LogP contribution in [0.4, 0.5) is 8.78 Å². The average molecular weight is 376 g/mol. The molecule has 5 rings (SSSR count). The van der Waals surface area contributed by atoms with Crippen molar-refractivity contribution >= 4 is 28.8 Å². The first-order valence-electron chi connectivity index (χ1n) is 8.40. The predicted octanol–water partition coefficient (Wildman–Crippen LogP) is 5.43. The average Bonchev–Trinajstić information content (AvgIpc) is 3.31. The summed E-state index contributed by atoms with van der Waals surface area (Å²) in [5.41, 5.74) is 1.28. The second-order valence-electron chi connectivity index (χ2n) is 6.38. The summed E-state index contributed by atoms with van der Waals surface area (Å²) in [6.07, 6.45) is 1.26. The van der Waals surface area contributed by atoms with E-state index in [4.69, 9.17) is 8.83 Å². The number of hydrogen-bond acceptors (Lipinski definition) is 4. The number of rotatable bonds is 2. The summed E-state index contributed by atoms with van der Waals surface area (Å²) in [6, 6.07) is 14.2. The van der Waals surface area contributed by atoms with E-state index in [0.29, 0.717) is 16.9 Å². The smallest absolute Gasteiger partial charge is 0.197 e. The Morgan fingerprint density at radius 2 is 1.36 bits per heavy atom. The molecule has 4 nitrogen and oxygen atoms in total. The molecule has 0 bridgehead atoms. The lowest BCUT2D eigenvalue weighted by Crippen LogP contribution is -1.99. The fourth-order valence-corrected chi connectivity index (χ4v) is 3.26. The lowest BCUT2D eigenvalue weighted by Gasteiger charge is -1.96. The summed E-state index contributed by atoms with van der Waals surface area (Å²) >= 11 is 0. The van der Waals surface area contributed by atoms with Gasteiger partial charge in [0.25, 0.3) is 0 Å². The molecule has 0 spiro atoms. The van der Waals surface area contributed by atoms with Crippen molar-refractivity contribution in [3.05, 3.63) is 88.7 Å². The monoisotopic (exact) mass is 376 g/mol. The maximum absolute atomic E-state index is 13.4. The van der Waals surface area contributed by atoms with Gasteiger partial charge in [0.05, 0.1) is 5.57 Å². The molecule has 1 aliphatic carbocycles. The highest BCUT2D eigenvalue weighted by atomic mass is 19.2. The van der Waals surface area contributed by atoms with Gasteiger partial charge in [-0.3, -0.25) is 9.59 Å². The van der Waals surface area contributed by atoms with E-state index in [2.05, 4.69) is 0 Å². The quantitative estimate of drug-likeness (QED) is 0.346. The van der Waals surface area contributed by atoms with Gasteiger partial charge in [0.1, 0.15) is 11.5 Å². The first kappa shape index (κ1) is 16.4. The first-order chi connectivity index (χ1) is 13.5. The Hall–Kier alpha value is -3.80. The van der Waals surface area contributed by atoms with E-state index in [1.54, 1.807) is 12.1 Å². The van der Waals surface area contributed by atoms with Crippen LogP contribution in [0.5, 0.6) is 0 Å². The third-order valence-electron chi connectivity index (χ3n) is 4.61. The van der Waals surface area contributed by atoms with Crippen molar-refractivity contribution in [1.82, 2.24) is 0 Å². The molecule has 0 saturated heterocycles. The van der Waals surface area contributed by atoms with Crippen LogP contribution in [0.3, 0.4) is 0 Å². The van der Waals surface area contributed by atoms with E-state index in [9.17, 15) is 18.4 Å². The molecule has 0 amide bonds. The van der Waals surface area contributed by atoms with Crippen molar-refractivity contribution in [2.45, 2.75) is 0 Å². The Balaban J connectivity index is 1.53. The number of carbonyl (C=O) groups is 2. The summed E-state index contributed by atoms with van der Waals surface area (Å²) < 4.78 is 38.2. The van der Waals surface area contributed by atoms with Crippen molar-refractivity contribution in [3.63, 3.8) is 0 Å². The molecule has 2 aromatic heterocycles. The molecule has 0 aliphatic heterocycles. The number of halogens is 2. The molecule has 0 radical (unpaired) electrons. The van der Waals surface area contributed by atoms with Gasteiger partial charge in [0.2, 0.25) is 0 Å². The Kier molecular flexibility index (Phi) is 3.42. The van der Waals surface area contributed by atoms with Crippen molar-refractivity contribution in [1.29, 1.82) is 0 Å². The van der Waals surface area contributed by atoms with Crippen LogP contribution in [0.15, 0.2) is 69.0 Å². The molecule has 0 atom stereocenters. The fourth-order valence-electron chi connectivity index (χ4n) is 3.26. The van der Waals surface area contributed by atoms with Crippen LogP contribution in [-0.2, 0) is 0 Å². The summed E-state index contributed by atoms with van der Waals surface area (Å²) in [7, 11) is 0. The van der Waals surface area contributed by atoms with Gasteiger partial charge < -0.3 is 8.83 Å². The van der Waals surface area contributed by atoms with Crippen molar-refractivity contribution in [2.24, 2.45) is 0 Å². The standard InChI is InChI=1S/C22H10F2O4/c23-16-8-13-14(9-17(16)24)22(26)15(21(13)25)6-12-7-19-20(27-12)10-18(28-19)11-4-2-1-3-5-11/h1-10H. The summed E-state index contributed by atoms with van der Waals surface area (Å²) in [5.74, 6) is -2.83. The molecule has 0 N–H and O–H groups in total. The van der Waals surface area contributed by atoms with E-state index in [-0.39, 0.29) is 22.5 Å². The molecule has 2 heterocycles. The molecule has 0 fully saturated rings. The topological polar surface area (TPSA) is 60.4 Å². The normalized spacial score (nSPS) is 13.4. The van der Waals surface area contributed by atoms with Gasteiger partial charge in [-0.15, -0.1) is 0 Å². The second-order valence-corrected chi connectivity index (χ2v) is 6.38. The van der Waals surface area contributed by atoms with Crippen molar-refractivity contribution < 1.29 is 27.2 Å². The highest BCUT2D eigenvalue weighted by Gasteiger charge is 2.35. The van der Waals surface area contributed by atoms with E-state index in [1.807, 2.05) is 30.3 Å². The van der Waals surface area contributed by atoms with E-state index in [1.165, 1.54) is 6.08 Å². The highest BCUT2D eigenvalue weighted by molar-refractivity contribution is 6.41. The number of ketones is 2. The summed E-state index contributed by atoms with van der Waals surface area (Å²) in [5, 5.41) is 0. The molecule has 136 valence electrons. The first-order valence-corrected chi connectivity index (χ1v) is 8.40. The second kappa shape index (κ2) is 5.85. The zero-order chi connectivity index (χ0) is 19.4. The number of hydrogen-bond donors (Lipinski definition) is 0.